The van der Waals surface area contributed by atoms with Crippen LogP contribution in [0.1, 0.15) is 12.8 Å². The second-order valence-electron chi connectivity index (χ2n) is 5.92. The van der Waals surface area contributed by atoms with E-state index in [0.29, 0.717) is 28.0 Å². The Balaban J connectivity index is 1.50. The highest BCUT2D eigenvalue weighted by Gasteiger charge is 2.29. The summed E-state index contributed by atoms with van der Waals surface area (Å²) in [6.45, 7) is 0. The van der Waals surface area contributed by atoms with Gasteiger partial charge in [0.2, 0.25) is 11.8 Å². The number of hydrogen-bond donors (Lipinski definition) is 2. The van der Waals surface area contributed by atoms with Gasteiger partial charge in [-0.3, -0.25) is 9.59 Å². The number of nitrogens with zero attached hydrogens (tertiary/aromatic N) is 2. The highest BCUT2D eigenvalue weighted by Crippen LogP contribution is 2.30. The van der Waals surface area contributed by atoms with Crippen molar-refractivity contribution in [3.63, 3.8) is 0 Å². The Morgan fingerprint density at radius 2 is 1.93 bits per heavy atom. The zero-order chi connectivity index (χ0) is 19.2. The Hall–Kier alpha value is -2.81. The molecule has 1 heterocycles. The first-order valence-electron chi connectivity index (χ1n) is 8.38. The van der Waals surface area contributed by atoms with Crippen LogP contribution in [-0.2, 0) is 9.59 Å². The van der Waals surface area contributed by atoms with Crippen LogP contribution < -0.4 is 20.1 Å². The molecule has 2 N–H and O–H groups in total. The Labute approximate surface area is 161 Å². The van der Waals surface area contributed by atoms with Crippen molar-refractivity contribution in [1.82, 2.24) is 10.2 Å². The SMILES string of the molecule is COc1ccc(NC(=O)CSc2ccc(NC(=O)C3CC3)nn2)c(OC)c1. The predicted molar refractivity (Wildman–Crippen MR) is 102 cm³/mol. The van der Waals surface area contributed by atoms with Crippen molar-refractivity contribution in [3.05, 3.63) is 30.3 Å². The molecule has 8 nitrogen and oxygen atoms in total. The first kappa shape index (κ1) is 19.0. The van der Waals surface area contributed by atoms with Crippen LogP contribution in [0.25, 0.3) is 0 Å². The maximum atomic E-state index is 12.2. The van der Waals surface area contributed by atoms with Gasteiger partial charge >= 0.3 is 0 Å². The highest BCUT2D eigenvalue weighted by molar-refractivity contribution is 7.99. The third-order valence-corrected chi connectivity index (χ3v) is 4.79. The molecular formula is C18H20N4O4S. The number of anilines is 2. The lowest BCUT2D eigenvalue weighted by atomic mass is 10.2. The number of thioether (sulfide) groups is 1. The number of hydrogen-bond acceptors (Lipinski definition) is 7. The Kier molecular flexibility index (Phi) is 6.12. The minimum absolute atomic E-state index is 0.0162. The second kappa shape index (κ2) is 8.72. The topological polar surface area (TPSA) is 102 Å². The van der Waals surface area contributed by atoms with E-state index in [-0.39, 0.29) is 23.5 Å². The minimum atomic E-state index is -0.198. The third-order valence-electron chi connectivity index (χ3n) is 3.87. The lowest BCUT2D eigenvalue weighted by molar-refractivity contribution is -0.117. The zero-order valence-corrected chi connectivity index (χ0v) is 15.8. The van der Waals surface area contributed by atoms with Crippen molar-refractivity contribution in [2.75, 3.05) is 30.6 Å². The maximum absolute atomic E-state index is 12.2. The number of carbonyl (C=O) groups is 2. The van der Waals surface area contributed by atoms with E-state index < -0.39 is 0 Å². The van der Waals surface area contributed by atoms with Crippen molar-refractivity contribution in [3.8, 4) is 11.5 Å². The Morgan fingerprint density at radius 1 is 1.11 bits per heavy atom. The summed E-state index contributed by atoms with van der Waals surface area (Å²) in [6.07, 6.45) is 1.86. The number of benzene rings is 1. The van der Waals surface area contributed by atoms with Gasteiger partial charge < -0.3 is 20.1 Å². The van der Waals surface area contributed by atoms with E-state index in [1.165, 1.54) is 18.9 Å². The zero-order valence-electron chi connectivity index (χ0n) is 15.0. The fourth-order valence-corrected chi connectivity index (χ4v) is 2.88. The minimum Gasteiger partial charge on any atom is -0.497 e. The van der Waals surface area contributed by atoms with Gasteiger partial charge in [0, 0.05) is 12.0 Å². The molecule has 1 saturated carbocycles. The van der Waals surface area contributed by atoms with Crippen molar-refractivity contribution in [2.24, 2.45) is 5.92 Å². The number of rotatable bonds is 8. The van der Waals surface area contributed by atoms with Crippen LogP contribution in [0.2, 0.25) is 0 Å². The Morgan fingerprint density at radius 3 is 2.56 bits per heavy atom. The van der Waals surface area contributed by atoms with E-state index in [4.69, 9.17) is 9.47 Å². The third kappa shape index (κ3) is 5.33. The van der Waals surface area contributed by atoms with Gasteiger partial charge in [0.05, 0.1) is 25.7 Å². The molecule has 2 amide bonds. The van der Waals surface area contributed by atoms with E-state index in [0.717, 1.165) is 12.8 Å². The van der Waals surface area contributed by atoms with Gasteiger partial charge in [0.15, 0.2) is 5.82 Å². The van der Waals surface area contributed by atoms with Gasteiger partial charge in [-0.25, -0.2) is 0 Å². The van der Waals surface area contributed by atoms with E-state index in [1.807, 2.05) is 0 Å². The van der Waals surface area contributed by atoms with Crippen LogP contribution in [0.5, 0.6) is 11.5 Å². The number of aromatic nitrogens is 2. The summed E-state index contributed by atoms with van der Waals surface area (Å²) >= 11 is 1.25. The lowest BCUT2D eigenvalue weighted by Gasteiger charge is -2.11. The molecule has 0 aliphatic heterocycles. The molecule has 0 radical (unpaired) electrons. The number of ether oxygens (including phenoxy) is 2. The molecule has 1 aliphatic carbocycles. The van der Waals surface area contributed by atoms with Crippen LogP contribution in [-0.4, -0.2) is 42.0 Å². The maximum Gasteiger partial charge on any atom is 0.234 e. The summed E-state index contributed by atoms with van der Waals surface area (Å²) in [4.78, 5) is 23.9. The molecule has 0 bridgehead atoms. The molecule has 0 atom stereocenters. The molecule has 2 aromatic rings. The fraction of sp³-hybridized carbons (Fsp3) is 0.333. The van der Waals surface area contributed by atoms with Crippen molar-refractivity contribution in [2.45, 2.75) is 17.9 Å². The molecular weight excluding hydrogens is 368 g/mol. The molecule has 142 valence electrons. The van der Waals surface area contributed by atoms with Crippen LogP contribution in [0.15, 0.2) is 35.4 Å². The van der Waals surface area contributed by atoms with Crippen molar-refractivity contribution >= 4 is 35.1 Å². The largest absolute Gasteiger partial charge is 0.497 e. The average Bonchev–Trinajstić information content (AvgIpc) is 3.53. The van der Waals surface area contributed by atoms with E-state index in [1.54, 1.807) is 37.4 Å². The first-order valence-corrected chi connectivity index (χ1v) is 9.37. The number of amides is 2. The van der Waals surface area contributed by atoms with E-state index in [2.05, 4.69) is 20.8 Å². The van der Waals surface area contributed by atoms with Crippen molar-refractivity contribution < 1.29 is 19.1 Å². The van der Waals surface area contributed by atoms with Gasteiger partial charge in [-0.05, 0) is 37.1 Å². The van der Waals surface area contributed by atoms with Crippen LogP contribution in [0, 0.1) is 5.92 Å². The monoisotopic (exact) mass is 388 g/mol. The normalized spacial score (nSPS) is 13.0. The fourth-order valence-electron chi connectivity index (χ4n) is 2.27. The Bertz CT molecular complexity index is 825. The molecule has 1 fully saturated rings. The van der Waals surface area contributed by atoms with Gasteiger partial charge in [-0.2, -0.15) is 0 Å². The summed E-state index contributed by atoms with van der Waals surface area (Å²) in [7, 11) is 3.09. The summed E-state index contributed by atoms with van der Waals surface area (Å²) < 4.78 is 10.4. The quantitative estimate of drug-likeness (QED) is 0.670. The van der Waals surface area contributed by atoms with Gasteiger partial charge in [-0.15, -0.1) is 10.2 Å². The average molecular weight is 388 g/mol. The number of carbonyl (C=O) groups excluding carboxylic acids is 2. The summed E-state index contributed by atoms with van der Waals surface area (Å²) in [5, 5.41) is 14.1. The summed E-state index contributed by atoms with van der Waals surface area (Å²) in [5.74, 6) is 1.64. The summed E-state index contributed by atoms with van der Waals surface area (Å²) in [6, 6.07) is 8.56. The molecule has 0 unspecified atom stereocenters. The van der Waals surface area contributed by atoms with Crippen LogP contribution in [0.4, 0.5) is 11.5 Å². The lowest BCUT2D eigenvalue weighted by Crippen LogP contribution is -2.15. The molecule has 1 aromatic heterocycles. The van der Waals surface area contributed by atoms with E-state index >= 15 is 0 Å². The van der Waals surface area contributed by atoms with Crippen molar-refractivity contribution in [1.29, 1.82) is 0 Å². The van der Waals surface area contributed by atoms with Gasteiger partial charge in [0.1, 0.15) is 16.5 Å². The van der Waals surface area contributed by atoms with Crippen LogP contribution >= 0.6 is 11.8 Å². The molecule has 27 heavy (non-hydrogen) atoms. The first-order chi connectivity index (χ1) is 13.1. The smallest absolute Gasteiger partial charge is 0.234 e. The molecule has 0 spiro atoms. The number of methoxy groups -OCH3 is 2. The van der Waals surface area contributed by atoms with Gasteiger partial charge in [0.25, 0.3) is 0 Å². The molecule has 0 saturated heterocycles. The second-order valence-corrected chi connectivity index (χ2v) is 6.92. The molecule has 9 heteroatoms. The summed E-state index contributed by atoms with van der Waals surface area (Å²) in [5.41, 5.74) is 0.563. The molecule has 3 rings (SSSR count). The van der Waals surface area contributed by atoms with E-state index in [9.17, 15) is 9.59 Å². The molecule has 1 aliphatic rings. The highest BCUT2D eigenvalue weighted by atomic mass is 32.2. The standard InChI is InChI=1S/C18H20N4O4S/c1-25-12-5-6-13(14(9-12)26-2)19-16(23)10-27-17-8-7-15(21-22-17)20-18(24)11-3-4-11/h5-9,11H,3-4,10H2,1-2H3,(H,19,23)(H,20,21,24). The molecule has 1 aromatic carbocycles. The van der Waals surface area contributed by atoms with Crippen LogP contribution in [0.3, 0.4) is 0 Å². The number of nitrogens with one attached hydrogen (secondary N) is 2. The predicted octanol–water partition coefficient (Wildman–Crippen LogP) is 2.57. The van der Waals surface area contributed by atoms with Gasteiger partial charge in [-0.1, -0.05) is 11.8 Å².